The topological polar surface area (TPSA) is 64.1 Å². The Kier molecular flexibility index (Phi) is 7.89. The largest absolute Gasteiger partial charge is 0.493 e. The number of guanidine groups is 1. The lowest BCUT2D eigenvalue weighted by atomic mass is 10.2. The molecule has 0 atom stereocenters. The zero-order valence-electron chi connectivity index (χ0n) is 15.2. The van der Waals surface area contributed by atoms with Crippen LogP contribution in [0.15, 0.2) is 47.5 Å². The van der Waals surface area contributed by atoms with E-state index in [2.05, 4.69) is 15.6 Å². The number of aliphatic imine (C=N–C) groups is 1. The lowest BCUT2D eigenvalue weighted by Crippen LogP contribution is -2.38. The van der Waals surface area contributed by atoms with Gasteiger partial charge in [0, 0.05) is 18.6 Å². The Hall–Kier alpha value is -2.60. The summed E-state index contributed by atoms with van der Waals surface area (Å²) in [5.41, 5.74) is 1.06. The van der Waals surface area contributed by atoms with Crippen LogP contribution in [0.4, 0.5) is 0 Å². The third kappa shape index (κ3) is 6.04. The van der Waals surface area contributed by atoms with Crippen LogP contribution in [0.5, 0.6) is 17.2 Å². The highest BCUT2D eigenvalue weighted by molar-refractivity contribution is 6.30. The molecule has 0 radical (unpaired) electrons. The molecule has 0 saturated heterocycles. The quantitative estimate of drug-likeness (QED) is 0.420. The average Bonchev–Trinajstić information content (AvgIpc) is 2.68. The van der Waals surface area contributed by atoms with Crippen LogP contribution in [0.3, 0.4) is 0 Å². The summed E-state index contributed by atoms with van der Waals surface area (Å²) in [6.07, 6.45) is 0. The lowest BCUT2D eigenvalue weighted by Gasteiger charge is -2.14. The summed E-state index contributed by atoms with van der Waals surface area (Å²) >= 11 is 5.85. The van der Waals surface area contributed by atoms with Gasteiger partial charge in [-0.05, 0) is 42.0 Å². The van der Waals surface area contributed by atoms with Gasteiger partial charge in [-0.2, -0.15) is 0 Å². The SMILES string of the molecule is CN=C(NCCOc1ccc(Cl)cc1)NCc1ccc(OC)c(OC)c1. The lowest BCUT2D eigenvalue weighted by molar-refractivity contribution is 0.322. The van der Waals surface area contributed by atoms with Crippen molar-refractivity contribution in [2.75, 3.05) is 34.4 Å². The number of ether oxygens (including phenoxy) is 3. The van der Waals surface area contributed by atoms with E-state index < -0.39 is 0 Å². The van der Waals surface area contributed by atoms with Gasteiger partial charge in [0.25, 0.3) is 0 Å². The van der Waals surface area contributed by atoms with E-state index in [1.807, 2.05) is 30.3 Å². The number of hydrogen-bond acceptors (Lipinski definition) is 4. The molecule has 0 saturated carbocycles. The van der Waals surface area contributed by atoms with Crippen molar-refractivity contribution in [2.24, 2.45) is 4.99 Å². The fourth-order valence-corrected chi connectivity index (χ4v) is 2.39. The van der Waals surface area contributed by atoms with Gasteiger partial charge in [0.15, 0.2) is 17.5 Å². The van der Waals surface area contributed by atoms with Crippen LogP contribution in [0, 0.1) is 0 Å². The van der Waals surface area contributed by atoms with E-state index in [1.54, 1.807) is 33.4 Å². The molecule has 0 aliphatic carbocycles. The van der Waals surface area contributed by atoms with Crippen molar-refractivity contribution < 1.29 is 14.2 Å². The molecule has 0 spiro atoms. The molecule has 0 heterocycles. The third-order valence-corrected chi connectivity index (χ3v) is 3.86. The smallest absolute Gasteiger partial charge is 0.191 e. The number of hydrogen-bond donors (Lipinski definition) is 2. The van der Waals surface area contributed by atoms with E-state index >= 15 is 0 Å². The number of methoxy groups -OCH3 is 2. The molecule has 0 amide bonds. The van der Waals surface area contributed by atoms with Crippen LogP contribution in [-0.2, 0) is 6.54 Å². The number of nitrogens with one attached hydrogen (secondary N) is 2. The van der Waals surface area contributed by atoms with Crippen LogP contribution < -0.4 is 24.8 Å². The van der Waals surface area contributed by atoms with Gasteiger partial charge >= 0.3 is 0 Å². The minimum Gasteiger partial charge on any atom is -0.493 e. The first-order valence-electron chi connectivity index (χ1n) is 8.20. The Balaban J connectivity index is 1.76. The maximum Gasteiger partial charge on any atom is 0.191 e. The summed E-state index contributed by atoms with van der Waals surface area (Å²) in [4.78, 5) is 4.20. The van der Waals surface area contributed by atoms with Crippen LogP contribution in [0.2, 0.25) is 5.02 Å². The molecule has 7 heteroatoms. The van der Waals surface area contributed by atoms with Gasteiger partial charge in [0.05, 0.1) is 20.8 Å². The van der Waals surface area contributed by atoms with Crippen molar-refractivity contribution in [2.45, 2.75) is 6.54 Å². The Labute approximate surface area is 159 Å². The van der Waals surface area contributed by atoms with Crippen LogP contribution in [-0.4, -0.2) is 40.4 Å². The molecule has 26 heavy (non-hydrogen) atoms. The average molecular weight is 378 g/mol. The van der Waals surface area contributed by atoms with Crippen LogP contribution >= 0.6 is 11.6 Å². The first kappa shape index (κ1) is 19.7. The van der Waals surface area contributed by atoms with Gasteiger partial charge in [-0.15, -0.1) is 0 Å². The van der Waals surface area contributed by atoms with E-state index in [9.17, 15) is 0 Å². The van der Waals surface area contributed by atoms with Crippen molar-refractivity contribution in [1.82, 2.24) is 10.6 Å². The monoisotopic (exact) mass is 377 g/mol. The van der Waals surface area contributed by atoms with Gasteiger partial charge in [0.1, 0.15) is 12.4 Å². The highest BCUT2D eigenvalue weighted by Crippen LogP contribution is 2.27. The maximum atomic E-state index is 5.85. The van der Waals surface area contributed by atoms with E-state index in [-0.39, 0.29) is 0 Å². The third-order valence-electron chi connectivity index (χ3n) is 3.61. The maximum absolute atomic E-state index is 5.85. The Morgan fingerprint density at radius 2 is 1.73 bits per heavy atom. The fourth-order valence-electron chi connectivity index (χ4n) is 2.27. The number of rotatable bonds is 8. The molecule has 140 valence electrons. The molecule has 2 rings (SSSR count). The second kappa shape index (κ2) is 10.4. The predicted octanol–water partition coefficient (Wildman–Crippen LogP) is 3.10. The Morgan fingerprint density at radius 1 is 1.00 bits per heavy atom. The molecule has 0 bridgehead atoms. The van der Waals surface area contributed by atoms with Gasteiger partial charge in [0.2, 0.25) is 0 Å². The van der Waals surface area contributed by atoms with Gasteiger partial charge in [-0.3, -0.25) is 4.99 Å². The minimum absolute atomic E-state index is 0.513. The van der Waals surface area contributed by atoms with Crippen LogP contribution in [0.1, 0.15) is 5.56 Å². The summed E-state index contributed by atoms with van der Waals surface area (Å²) in [5, 5.41) is 7.14. The van der Waals surface area contributed by atoms with E-state index in [4.69, 9.17) is 25.8 Å². The second-order valence-electron chi connectivity index (χ2n) is 5.34. The molecule has 6 nitrogen and oxygen atoms in total. The van der Waals surface area contributed by atoms with E-state index in [1.165, 1.54) is 0 Å². The highest BCUT2D eigenvalue weighted by Gasteiger charge is 2.05. The summed E-state index contributed by atoms with van der Waals surface area (Å²) in [6.45, 7) is 1.74. The molecule has 2 aromatic carbocycles. The molecular formula is C19H24ClN3O3. The minimum atomic E-state index is 0.513. The van der Waals surface area contributed by atoms with Crippen LogP contribution in [0.25, 0.3) is 0 Å². The van der Waals surface area contributed by atoms with Crippen molar-refractivity contribution >= 4 is 17.6 Å². The molecule has 0 fully saturated rings. The molecule has 0 aromatic heterocycles. The molecule has 2 aromatic rings. The fraction of sp³-hybridized carbons (Fsp3) is 0.316. The number of benzene rings is 2. The molecular weight excluding hydrogens is 354 g/mol. The predicted molar refractivity (Wildman–Crippen MR) is 105 cm³/mol. The van der Waals surface area contributed by atoms with Crippen molar-refractivity contribution in [3.63, 3.8) is 0 Å². The molecule has 0 aliphatic rings. The second-order valence-corrected chi connectivity index (χ2v) is 5.78. The first-order chi connectivity index (χ1) is 12.7. The van der Waals surface area contributed by atoms with Crippen molar-refractivity contribution in [3.8, 4) is 17.2 Å². The summed E-state index contributed by atoms with van der Waals surface area (Å²) in [7, 11) is 4.97. The zero-order chi connectivity index (χ0) is 18.8. The van der Waals surface area contributed by atoms with Crippen molar-refractivity contribution in [1.29, 1.82) is 0 Å². The van der Waals surface area contributed by atoms with Gasteiger partial charge < -0.3 is 24.8 Å². The van der Waals surface area contributed by atoms with E-state index in [0.29, 0.717) is 42.2 Å². The molecule has 0 aliphatic heterocycles. The van der Waals surface area contributed by atoms with Gasteiger partial charge in [-0.25, -0.2) is 0 Å². The highest BCUT2D eigenvalue weighted by atomic mass is 35.5. The molecule has 0 unspecified atom stereocenters. The summed E-state index contributed by atoms with van der Waals surface area (Å²) in [5.74, 6) is 2.88. The summed E-state index contributed by atoms with van der Waals surface area (Å²) in [6, 6.07) is 13.1. The van der Waals surface area contributed by atoms with Gasteiger partial charge in [-0.1, -0.05) is 17.7 Å². The Bertz CT molecular complexity index is 720. The molecule has 2 N–H and O–H groups in total. The Morgan fingerprint density at radius 3 is 2.38 bits per heavy atom. The van der Waals surface area contributed by atoms with E-state index in [0.717, 1.165) is 11.3 Å². The number of halogens is 1. The number of nitrogens with zero attached hydrogens (tertiary/aromatic N) is 1. The normalized spacial score (nSPS) is 11.0. The zero-order valence-corrected chi connectivity index (χ0v) is 16.0. The first-order valence-corrected chi connectivity index (χ1v) is 8.58. The standard InChI is InChI=1S/C19H24ClN3O3/c1-21-19(22-10-11-26-16-7-5-15(20)6-8-16)23-13-14-4-9-17(24-2)18(12-14)25-3/h4-9,12H,10-11,13H2,1-3H3,(H2,21,22,23). The van der Waals surface area contributed by atoms with Crippen molar-refractivity contribution in [3.05, 3.63) is 53.1 Å². The summed E-state index contributed by atoms with van der Waals surface area (Å²) < 4.78 is 16.2.